The number of halogens is 2. The fourth-order valence-corrected chi connectivity index (χ4v) is 2.11. The molecule has 0 saturated heterocycles. The molecule has 0 heterocycles. The molecular formula is C19H18F2O3. The van der Waals surface area contributed by atoms with Crippen LogP contribution in [-0.4, -0.2) is 13.1 Å². The SMILES string of the molecule is C=C(C)C(=O)Oc1ccc(CCc2ccc(OC)cc2F)cc1F. The zero-order chi connectivity index (χ0) is 17.7. The van der Waals surface area contributed by atoms with E-state index in [2.05, 4.69) is 6.58 Å². The van der Waals surface area contributed by atoms with Gasteiger partial charge in [0.2, 0.25) is 0 Å². The van der Waals surface area contributed by atoms with Gasteiger partial charge in [-0.3, -0.25) is 0 Å². The standard InChI is InChI=1S/C19H18F2O3/c1-12(2)19(22)24-18-9-5-13(10-17(18)21)4-6-14-7-8-15(23-3)11-16(14)20/h5,7-11H,1,4,6H2,2-3H3. The number of aryl methyl sites for hydroxylation is 2. The number of benzene rings is 2. The Balaban J connectivity index is 2.05. The van der Waals surface area contributed by atoms with E-state index in [1.165, 1.54) is 32.2 Å². The van der Waals surface area contributed by atoms with Crippen LogP contribution in [-0.2, 0) is 17.6 Å². The first kappa shape index (κ1) is 17.7. The molecule has 2 rings (SSSR count). The fourth-order valence-electron chi connectivity index (χ4n) is 2.11. The maximum atomic E-state index is 14.0. The summed E-state index contributed by atoms with van der Waals surface area (Å²) in [4.78, 5) is 11.4. The lowest BCUT2D eigenvalue weighted by atomic mass is 10.0. The molecule has 3 nitrogen and oxygen atoms in total. The van der Waals surface area contributed by atoms with E-state index >= 15 is 0 Å². The normalized spacial score (nSPS) is 10.3. The number of carbonyl (C=O) groups is 1. The van der Waals surface area contributed by atoms with Gasteiger partial charge in [0.25, 0.3) is 0 Å². The Hall–Kier alpha value is -2.69. The van der Waals surface area contributed by atoms with Crippen molar-refractivity contribution in [3.8, 4) is 11.5 Å². The van der Waals surface area contributed by atoms with Gasteiger partial charge in [0.05, 0.1) is 7.11 Å². The lowest BCUT2D eigenvalue weighted by Crippen LogP contribution is -2.09. The van der Waals surface area contributed by atoms with E-state index in [0.29, 0.717) is 29.7 Å². The summed E-state index contributed by atoms with van der Waals surface area (Å²) in [6.45, 7) is 4.92. The molecule has 0 saturated carbocycles. The lowest BCUT2D eigenvalue weighted by molar-refractivity contribution is -0.130. The van der Waals surface area contributed by atoms with Crippen LogP contribution in [0.15, 0.2) is 48.6 Å². The Morgan fingerprint density at radius 2 is 1.83 bits per heavy atom. The topological polar surface area (TPSA) is 35.5 Å². The highest BCUT2D eigenvalue weighted by Gasteiger charge is 2.11. The summed E-state index contributed by atoms with van der Waals surface area (Å²) in [5, 5.41) is 0. The number of carbonyl (C=O) groups excluding carboxylic acids is 1. The highest BCUT2D eigenvalue weighted by atomic mass is 19.1. The van der Waals surface area contributed by atoms with Crippen LogP contribution in [0.5, 0.6) is 11.5 Å². The van der Waals surface area contributed by atoms with Crippen molar-refractivity contribution in [2.24, 2.45) is 0 Å². The maximum absolute atomic E-state index is 14.0. The third kappa shape index (κ3) is 4.41. The van der Waals surface area contributed by atoms with Crippen molar-refractivity contribution in [2.45, 2.75) is 19.8 Å². The predicted molar refractivity (Wildman–Crippen MR) is 87.2 cm³/mol. The molecule has 0 aliphatic heterocycles. The van der Waals surface area contributed by atoms with Gasteiger partial charge < -0.3 is 9.47 Å². The molecule has 0 aliphatic rings. The van der Waals surface area contributed by atoms with Crippen molar-refractivity contribution in [2.75, 3.05) is 7.11 Å². The van der Waals surface area contributed by atoms with Gasteiger partial charge in [-0.1, -0.05) is 18.7 Å². The average Bonchev–Trinajstić information content (AvgIpc) is 2.55. The van der Waals surface area contributed by atoms with Crippen molar-refractivity contribution >= 4 is 5.97 Å². The molecule has 0 unspecified atom stereocenters. The van der Waals surface area contributed by atoms with E-state index in [1.807, 2.05) is 0 Å². The Bertz CT molecular complexity index is 769. The minimum absolute atomic E-state index is 0.151. The van der Waals surface area contributed by atoms with E-state index in [9.17, 15) is 13.6 Å². The van der Waals surface area contributed by atoms with Crippen molar-refractivity contribution < 1.29 is 23.0 Å². The van der Waals surface area contributed by atoms with E-state index < -0.39 is 11.8 Å². The summed E-state index contributed by atoms with van der Waals surface area (Å²) in [5.74, 6) is -1.38. The minimum atomic E-state index is -0.679. The first-order chi connectivity index (χ1) is 11.4. The summed E-state index contributed by atoms with van der Waals surface area (Å²) in [6.07, 6.45) is 0.870. The number of methoxy groups -OCH3 is 1. The predicted octanol–water partition coefficient (Wildman–Crippen LogP) is 4.24. The van der Waals surface area contributed by atoms with Crippen LogP contribution in [0.25, 0.3) is 0 Å². The van der Waals surface area contributed by atoms with Gasteiger partial charge in [0.1, 0.15) is 11.6 Å². The minimum Gasteiger partial charge on any atom is -0.497 e. The highest BCUT2D eigenvalue weighted by molar-refractivity contribution is 5.88. The number of rotatable bonds is 6. The molecule has 2 aromatic rings. The monoisotopic (exact) mass is 332 g/mol. The van der Waals surface area contributed by atoms with Crippen molar-refractivity contribution in [3.05, 3.63) is 71.3 Å². The Labute approximate surface area is 139 Å². The molecule has 5 heteroatoms. The lowest BCUT2D eigenvalue weighted by Gasteiger charge is -2.08. The van der Waals surface area contributed by atoms with Gasteiger partial charge in [-0.2, -0.15) is 0 Å². The van der Waals surface area contributed by atoms with Crippen LogP contribution < -0.4 is 9.47 Å². The molecule has 0 aliphatic carbocycles. The molecular weight excluding hydrogens is 314 g/mol. The summed E-state index contributed by atoms with van der Waals surface area (Å²) >= 11 is 0. The molecule has 0 bridgehead atoms. The fraction of sp³-hybridized carbons (Fsp3) is 0.211. The molecule has 0 amide bonds. The van der Waals surface area contributed by atoms with E-state index in [-0.39, 0.29) is 17.1 Å². The second-order valence-corrected chi connectivity index (χ2v) is 5.39. The summed E-state index contributed by atoms with van der Waals surface area (Å²) < 4.78 is 37.7. The Morgan fingerprint density at radius 3 is 2.42 bits per heavy atom. The first-order valence-corrected chi connectivity index (χ1v) is 7.39. The molecule has 0 atom stereocenters. The van der Waals surface area contributed by atoms with Crippen LogP contribution in [0.1, 0.15) is 18.1 Å². The van der Waals surface area contributed by atoms with Gasteiger partial charge in [-0.05, 0) is 49.1 Å². The second kappa shape index (κ2) is 7.73. The number of hydrogen-bond acceptors (Lipinski definition) is 3. The van der Waals surface area contributed by atoms with E-state index in [1.54, 1.807) is 18.2 Å². The van der Waals surface area contributed by atoms with Crippen LogP contribution in [0.3, 0.4) is 0 Å². The van der Waals surface area contributed by atoms with Crippen molar-refractivity contribution in [3.63, 3.8) is 0 Å². The average molecular weight is 332 g/mol. The third-order valence-corrected chi connectivity index (χ3v) is 3.49. The molecule has 0 spiro atoms. The van der Waals surface area contributed by atoms with Gasteiger partial charge in [0, 0.05) is 11.6 Å². The Morgan fingerprint density at radius 1 is 1.08 bits per heavy atom. The Kier molecular flexibility index (Phi) is 5.68. The van der Waals surface area contributed by atoms with Gasteiger partial charge in [0.15, 0.2) is 11.6 Å². The van der Waals surface area contributed by atoms with Gasteiger partial charge in [-0.25, -0.2) is 13.6 Å². The molecule has 24 heavy (non-hydrogen) atoms. The highest BCUT2D eigenvalue weighted by Crippen LogP contribution is 2.22. The van der Waals surface area contributed by atoms with Gasteiger partial charge >= 0.3 is 5.97 Å². The molecule has 0 radical (unpaired) electrons. The molecule has 2 aromatic carbocycles. The van der Waals surface area contributed by atoms with Crippen molar-refractivity contribution in [1.82, 2.24) is 0 Å². The molecule has 0 N–H and O–H groups in total. The number of hydrogen-bond donors (Lipinski definition) is 0. The zero-order valence-electron chi connectivity index (χ0n) is 13.6. The molecule has 0 aromatic heterocycles. The molecule has 126 valence electrons. The van der Waals surface area contributed by atoms with E-state index in [4.69, 9.17) is 9.47 Å². The second-order valence-electron chi connectivity index (χ2n) is 5.39. The van der Waals surface area contributed by atoms with Crippen LogP contribution in [0, 0.1) is 11.6 Å². The summed E-state index contributed by atoms with van der Waals surface area (Å²) in [5.41, 5.74) is 1.39. The summed E-state index contributed by atoms with van der Waals surface area (Å²) in [6, 6.07) is 8.95. The smallest absolute Gasteiger partial charge is 0.338 e. The van der Waals surface area contributed by atoms with Crippen molar-refractivity contribution in [1.29, 1.82) is 0 Å². The summed E-state index contributed by atoms with van der Waals surface area (Å²) in [7, 11) is 1.47. The number of ether oxygens (including phenoxy) is 2. The zero-order valence-corrected chi connectivity index (χ0v) is 13.6. The largest absolute Gasteiger partial charge is 0.497 e. The van der Waals surface area contributed by atoms with Crippen LogP contribution in [0.4, 0.5) is 8.78 Å². The van der Waals surface area contributed by atoms with E-state index in [0.717, 1.165) is 0 Å². The van der Waals surface area contributed by atoms with Gasteiger partial charge in [-0.15, -0.1) is 0 Å². The first-order valence-electron chi connectivity index (χ1n) is 7.39. The quantitative estimate of drug-likeness (QED) is 0.451. The van der Waals surface area contributed by atoms with Crippen LogP contribution >= 0.6 is 0 Å². The van der Waals surface area contributed by atoms with Crippen LogP contribution in [0.2, 0.25) is 0 Å². The number of esters is 1. The molecule has 0 fully saturated rings. The third-order valence-electron chi connectivity index (χ3n) is 3.49. The maximum Gasteiger partial charge on any atom is 0.338 e.